The smallest absolute Gasteiger partial charge is 0.150 e. The van der Waals surface area contributed by atoms with Crippen molar-refractivity contribution in [3.8, 4) is 0 Å². The second kappa shape index (κ2) is 5.68. The molecule has 84 valence electrons. The molecule has 0 radical (unpaired) electrons. The number of nitrogens with one attached hydrogen (secondary N) is 1. The lowest BCUT2D eigenvalue weighted by Crippen LogP contribution is -2.38. The monoisotopic (exact) mass is 221 g/mol. The number of methoxy groups -OCH3 is 1. The molecule has 0 aromatic carbocycles. The molecule has 0 aromatic heterocycles. The fraction of sp³-hybridized carbons (Fsp3) is 1.00. The van der Waals surface area contributed by atoms with E-state index in [-0.39, 0.29) is 0 Å². The lowest BCUT2D eigenvalue weighted by Gasteiger charge is -2.22. The molecule has 0 aliphatic carbocycles. The van der Waals surface area contributed by atoms with Gasteiger partial charge in [-0.3, -0.25) is 0 Å². The summed E-state index contributed by atoms with van der Waals surface area (Å²) >= 11 is 0. The fourth-order valence-corrected chi connectivity index (χ4v) is 3.11. The number of ether oxygens (including phenoxy) is 1. The molecular formula is C9H19NO3S. The van der Waals surface area contributed by atoms with Gasteiger partial charge in [-0.25, -0.2) is 8.42 Å². The van der Waals surface area contributed by atoms with Crippen LogP contribution >= 0.6 is 0 Å². The van der Waals surface area contributed by atoms with Crippen LogP contribution < -0.4 is 5.32 Å². The average Bonchev–Trinajstić information content (AvgIpc) is 2.15. The van der Waals surface area contributed by atoms with Gasteiger partial charge in [-0.05, 0) is 25.8 Å². The number of hydrogen-bond donors (Lipinski definition) is 1. The summed E-state index contributed by atoms with van der Waals surface area (Å²) in [4.78, 5) is 0. The first-order chi connectivity index (χ1) is 6.64. The lowest BCUT2D eigenvalue weighted by atomic mass is 10.1. The molecule has 14 heavy (non-hydrogen) atoms. The standard InChI is InChI=1S/C9H19NO3S/c1-13-6-2-5-10-9-3-7-14(11,12)8-4-9/h9-10H,2-8H2,1H3. The van der Waals surface area contributed by atoms with Crippen LogP contribution in [0.5, 0.6) is 0 Å². The number of hydrogen-bond acceptors (Lipinski definition) is 4. The van der Waals surface area contributed by atoms with Crippen LogP contribution in [0.25, 0.3) is 0 Å². The largest absolute Gasteiger partial charge is 0.385 e. The SMILES string of the molecule is COCCCNC1CCS(=O)(=O)CC1. The summed E-state index contributed by atoms with van der Waals surface area (Å²) in [7, 11) is -1.03. The summed E-state index contributed by atoms with van der Waals surface area (Å²) in [5.41, 5.74) is 0. The Morgan fingerprint density at radius 2 is 2.00 bits per heavy atom. The molecule has 4 nitrogen and oxygen atoms in total. The van der Waals surface area contributed by atoms with Gasteiger partial charge in [0.1, 0.15) is 9.84 Å². The second-order valence-corrected chi connectivity index (χ2v) is 6.03. The van der Waals surface area contributed by atoms with Gasteiger partial charge < -0.3 is 10.1 Å². The van der Waals surface area contributed by atoms with Crippen molar-refractivity contribution in [1.82, 2.24) is 5.32 Å². The molecule has 1 aliphatic rings. The van der Waals surface area contributed by atoms with Gasteiger partial charge in [-0.2, -0.15) is 0 Å². The molecule has 5 heteroatoms. The summed E-state index contributed by atoms with van der Waals surface area (Å²) in [6.07, 6.45) is 2.50. The normalized spacial score (nSPS) is 22.4. The van der Waals surface area contributed by atoms with E-state index in [2.05, 4.69) is 5.32 Å². The topological polar surface area (TPSA) is 55.4 Å². The number of rotatable bonds is 5. The molecule has 1 N–H and O–H groups in total. The van der Waals surface area contributed by atoms with Crippen LogP contribution in [0, 0.1) is 0 Å². The minimum atomic E-state index is -2.72. The summed E-state index contributed by atoms with van der Waals surface area (Å²) < 4.78 is 27.2. The third kappa shape index (κ3) is 4.39. The van der Waals surface area contributed by atoms with E-state index in [0.29, 0.717) is 17.5 Å². The van der Waals surface area contributed by atoms with Crippen LogP contribution in [0.2, 0.25) is 0 Å². The first kappa shape index (κ1) is 11.9. The Bertz CT molecular complexity index is 237. The first-order valence-corrected chi connectivity index (χ1v) is 6.89. The van der Waals surface area contributed by atoms with Gasteiger partial charge >= 0.3 is 0 Å². The highest BCUT2D eigenvalue weighted by Crippen LogP contribution is 2.11. The zero-order chi connectivity index (χ0) is 10.4. The van der Waals surface area contributed by atoms with Crippen molar-refractivity contribution in [3.63, 3.8) is 0 Å². The van der Waals surface area contributed by atoms with Gasteiger partial charge in [0.05, 0.1) is 11.5 Å². The zero-order valence-corrected chi connectivity index (χ0v) is 9.48. The summed E-state index contributed by atoms with van der Waals surface area (Å²) in [6, 6.07) is 0.385. The van der Waals surface area contributed by atoms with Crippen LogP contribution in [0.3, 0.4) is 0 Å². The molecule has 1 fully saturated rings. The van der Waals surface area contributed by atoms with Crippen molar-refractivity contribution in [3.05, 3.63) is 0 Å². The quantitative estimate of drug-likeness (QED) is 0.673. The van der Waals surface area contributed by atoms with Gasteiger partial charge in [0.25, 0.3) is 0 Å². The fourth-order valence-electron chi connectivity index (χ4n) is 1.62. The Kier molecular flexibility index (Phi) is 4.84. The Balaban J connectivity index is 2.10. The summed E-state index contributed by atoms with van der Waals surface area (Å²) in [5.74, 6) is 0.684. The van der Waals surface area contributed by atoms with Gasteiger partial charge in [-0.15, -0.1) is 0 Å². The van der Waals surface area contributed by atoms with Crippen molar-refractivity contribution < 1.29 is 13.2 Å². The predicted octanol–water partition coefficient (Wildman–Crippen LogP) is 0.190. The zero-order valence-electron chi connectivity index (χ0n) is 8.66. The molecule has 1 heterocycles. The van der Waals surface area contributed by atoms with Crippen LogP contribution in [0.15, 0.2) is 0 Å². The van der Waals surface area contributed by atoms with Gasteiger partial charge in [0.2, 0.25) is 0 Å². The van der Waals surface area contributed by atoms with Gasteiger partial charge in [-0.1, -0.05) is 0 Å². The van der Waals surface area contributed by atoms with E-state index in [0.717, 1.165) is 32.4 Å². The molecule has 0 unspecified atom stereocenters. The number of sulfone groups is 1. The molecule has 0 aromatic rings. The van der Waals surface area contributed by atoms with Crippen molar-refractivity contribution in [2.45, 2.75) is 25.3 Å². The maximum atomic E-state index is 11.1. The van der Waals surface area contributed by atoms with Crippen molar-refractivity contribution in [2.75, 3.05) is 31.8 Å². The van der Waals surface area contributed by atoms with E-state index in [9.17, 15) is 8.42 Å². The second-order valence-electron chi connectivity index (χ2n) is 3.73. The van der Waals surface area contributed by atoms with E-state index in [1.165, 1.54) is 0 Å². The molecule has 1 saturated heterocycles. The molecular weight excluding hydrogens is 202 g/mol. The third-order valence-corrected chi connectivity index (χ3v) is 4.23. The van der Waals surface area contributed by atoms with E-state index in [1.807, 2.05) is 0 Å². The Hall–Kier alpha value is -0.130. The molecule has 0 atom stereocenters. The minimum absolute atomic E-state index is 0.342. The van der Waals surface area contributed by atoms with E-state index in [1.54, 1.807) is 7.11 Å². The third-order valence-electron chi connectivity index (χ3n) is 2.51. The molecule has 1 rings (SSSR count). The summed E-state index contributed by atoms with van der Waals surface area (Å²) in [6.45, 7) is 1.68. The Morgan fingerprint density at radius 3 is 2.57 bits per heavy atom. The van der Waals surface area contributed by atoms with Crippen LogP contribution in [0.1, 0.15) is 19.3 Å². The van der Waals surface area contributed by atoms with E-state index < -0.39 is 9.84 Å². The van der Waals surface area contributed by atoms with E-state index in [4.69, 9.17) is 4.74 Å². The van der Waals surface area contributed by atoms with Gasteiger partial charge in [0, 0.05) is 19.8 Å². The Labute approximate surface area is 85.9 Å². The van der Waals surface area contributed by atoms with E-state index >= 15 is 0 Å². The molecule has 1 aliphatic heterocycles. The van der Waals surface area contributed by atoms with Crippen molar-refractivity contribution in [1.29, 1.82) is 0 Å². The van der Waals surface area contributed by atoms with Crippen LogP contribution in [-0.4, -0.2) is 46.2 Å². The first-order valence-electron chi connectivity index (χ1n) is 5.07. The lowest BCUT2D eigenvalue weighted by molar-refractivity contribution is 0.193. The Morgan fingerprint density at radius 1 is 1.36 bits per heavy atom. The predicted molar refractivity (Wildman–Crippen MR) is 56.2 cm³/mol. The molecule has 0 bridgehead atoms. The van der Waals surface area contributed by atoms with Gasteiger partial charge in [0.15, 0.2) is 0 Å². The van der Waals surface area contributed by atoms with Crippen molar-refractivity contribution in [2.24, 2.45) is 0 Å². The van der Waals surface area contributed by atoms with Crippen molar-refractivity contribution >= 4 is 9.84 Å². The molecule has 0 saturated carbocycles. The van der Waals surface area contributed by atoms with Crippen LogP contribution in [0.4, 0.5) is 0 Å². The minimum Gasteiger partial charge on any atom is -0.385 e. The molecule has 0 amide bonds. The maximum Gasteiger partial charge on any atom is 0.150 e. The maximum absolute atomic E-state index is 11.1. The highest BCUT2D eigenvalue weighted by atomic mass is 32.2. The average molecular weight is 221 g/mol. The van der Waals surface area contributed by atoms with Crippen LogP contribution in [-0.2, 0) is 14.6 Å². The molecule has 0 spiro atoms. The highest BCUT2D eigenvalue weighted by Gasteiger charge is 2.22. The highest BCUT2D eigenvalue weighted by molar-refractivity contribution is 7.91. The summed E-state index contributed by atoms with van der Waals surface area (Å²) in [5, 5.41) is 3.35.